The Bertz CT molecular complexity index is 346. The molecule has 16 heavy (non-hydrogen) atoms. The molecule has 1 atom stereocenters. The van der Waals surface area contributed by atoms with Gasteiger partial charge < -0.3 is 0 Å². The number of hydrogen-bond donors (Lipinski definition) is 0. The van der Waals surface area contributed by atoms with Crippen LogP contribution in [0.25, 0.3) is 0 Å². The molecule has 0 fully saturated rings. The van der Waals surface area contributed by atoms with E-state index in [0.717, 1.165) is 12.0 Å². The zero-order chi connectivity index (χ0) is 12.0. The number of halogens is 1. The van der Waals surface area contributed by atoms with Gasteiger partial charge in [0.2, 0.25) is 4.69 Å². The van der Waals surface area contributed by atoms with E-state index < -0.39 is 0 Å². The third-order valence-electron chi connectivity index (χ3n) is 3.01. The number of unbranched alkanes of at least 4 members (excludes halogenated alkanes) is 1. The fourth-order valence-corrected chi connectivity index (χ4v) is 2.42. The van der Waals surface area contributed by atoms with Gasteiger partial charge >= 0.3 is 0 Å². The van der Waals surface area contributed by atoms with Crippen molar-refractivity contribution in [3.8, 4) is 0 Å². The van der Waals surface area contributed by atoms with E-state index >= 15 is 0 Å². The van der Waals surface area contributed by atoms with Crippen molar-refractivity contribution in [3.05, 3.63) is 35.4 Å². The molecule has 0 aliphatic rings. The van der Waals surface area contributed by atoms with Crippen molar-refractivity contribution in [3.63, 3.8) is 0 Å². The number of benzene rings is 1. The number of carbonyl (C=O) groups excluding carboxylic acids is 1. The highest BCUT2D eigenvalue weighted by molar-refractivity contribution is 9.18. The minimum atomic E-state index is -0.00181. The average molecular weight is 283 g/mol. The van der Waals surface area contributed by atoms with E-state index in [4.69, 9.17) is 0 Å². The third-order valence-corrected chi connectivity index (χ3v) is 3.44. The standard InChI is InChI=1S/C14H19BrO/c1-3-5-8-11(4-2)12-9-6-7-10-13(12)14(15)16/h6-7,9-11H,3-5,8H2,1-2H3. The Hall–Kier alpha value is -0.630. The Morgan fingerprint density at radius 2 is 2.00 bits per heavy atom. The van der Waals surface area contributed by atoms with Crippen LogP contribution in [0.5, 0.6) is 0 Å². The smallest absolute Gasteiger partial charge is 0.228 e. The predicted molar refractivity (Wildman–Crippen MR) is 72.3 cm³/mol. The van der Waals surface area contributed by atoms with Gasteiger partial charge in [-0.3, -0.25) is 4.79 Å². The van der Waals surface area contributed by atoms with Crippen LogP contribution in [0, 0.1) is 0 Å². The molecule has 1 rings (SSSR count). The zero-order valence-electron chi connectivity index (χ0n) is 10.0. The molecule has 0 amide bonds. The van der Waals surface area contributed by atoms with Crippen LogP contribution in [0.4, 0.5) is 0 Å². The van der Waals surface area contributed by atoms with Crippen LogP contribution in [-0.2, 0) is 0 Å². The molecule has 0 aromatic heterocycles. The molecule has 0 spiro atoms. The summed E-state index contributed by atoms with van der Waals surface area (Å²) in [7, 11) is 0. The molecule has 0 aliphatic heterocycles. The third kappa shape index (κ3) is 3.44. The molecular formula is C14H19BrO. The van der Waals surface area contributed by atoms with E-state index in [2.05, 4.69) is 35.8 Å². The van der Waals surface area contributed by atoms with Gasteiger partial charge in [0, 0.05) is 5.56 Å². The molecule has 1 aromatic rings. The van der Waals surface area contributed by atoms with Crippen molar-refractivity contribution in [2.24, 2.45) is 0 Å². The maximum absolute atomic E-state index is 11.5. The van der Waals surface area contributed by atoms with E-state index in [9.17, 15) is 4.79 Å². The molecule has 0 heterocycles. The topological polar surface area (TPSA) is 17.1 Å². The fourth-order valence-electron chi connectivity index (χ4n) is 2.06. The Morgan fingerprint density at radius 3 is 2.56 bits per heavy atom. The molecule has 0 aliphatic carbocycles. The van der Waals surface area contributed by atoms with Gasteiger partial charge in [0.15, 0.2) is 0 Å². The summed E-state index contributed by atoms with van der Waals surface area (Å²) in [6.45, 7) is 4.39. The van der Waals surface area contributed by atoms with Crippen LogP contribution in [0.3, 0.4) is 0 Å². The highest BCUT2D eigenvalue weighted by Gasteiger charge is 2.15. The minimum absolute atomic E-state index is 0.00181. The van der Waals surface area contributed by atoms with Gasteiger partial charge in [-0.15, -0.1) is 0 Å². The molecule has 1 nitrogen and oxygen atoms in total. The Labute approximate surface area is 106 Å². The quantitative estimate of drug-likeness (QED) is 0.678. The van der Waals surface area contributed by atoms with Crippen LogP contribution in [0.2, 0.25) is 0 Å². The van der Waals surface area contributed by atoms with E-state index in [1.54, 1.807) is 0 Å². The largest absolute Gasteiger partial charge is 0.281 e. The van der Waals surface area contributed by atoms with Gasteiger partial charge in [-0.2, -0.15) is 0 Å². The fraction of sp³-hybridized carbons (Fsp3) is 0.500. The van der Waals surface area contributed by atoms with E-state index in [1.807, 2.05) is 18.2 Å². The first kappa shape index (κ1) is 13.4. The molecule has 88 valence electrons. The second-order valence-electron chi connectivity index (χ2n) is 4.11. The van der Waals surface area contributed by atoms with Crippen LogP contribution < -0.4 is 0 Å². The first-order chi connectivity index (χ1) is 7.70. The van der Waals surface area contributed by atoms with Crippen molar-refractivity contribution < 1.29 is 4.79 Å². The van der Waals surface area contributed by atoms with Crippen molar-refractivity contribution in [1.29, 1.82) is 0 Å². The normalized spacial score (nSPS) is 12.4. The Balaban J connectivity index is 2.94. The Kier molecular flexibility index (Phi) is 5.75. The van der Waals surface area contributed by atoms with Crippen molar-refractivity contribution in [2.45, 2.75) is 45.4 Å². The van der Waals surface area contributed by atoms with Gasteiger partial charge in [-0.25, -0.2) is 0 Å². The lowest BCUT2D eigenvalue weighted by molar-refractivity contribution is 0.109. The molecule has 0 radical (unpaired) electrons. The maximum Gasteiger partial charge on any atom is 0.228 e. The summed E-state index contributed by atoms with van der Waals surface area (Å²) in [5.41, 5.74) is 2.02. The Morgan fingerprint density at radius 1 is 1.31 bits per heavy atom. The highest BCUT2D eigenvalue weighted by Crippen LogP contribution is 2.29. The first-order valence-corrected chi connectivity index (χ1v) is 6.78. The van der Waals surface area contributed by atoms with Gasteiger partial charge in [-0.05, 0) is 40.3 Å². The number of rotatable bonds is 6. The molecule has 2 heteroatoms. The van der Waals surface area contributed by atoms with Crippen molar-refractivity contribution in [1.82, 2.24) is 0 Å². The zero-order valence-corrected chi connectivity index (χ0v) is 11.6. The summed E-state index contributed by atoms with van der Waals surface area (Å²) < 4.78 is -0.00181. The van der Waals surface area contributed by atoms with Gasteiger partial charge in [-0.1, -0.05) is 51.0 Å². The second-order valence-corrected chi connectivity index (χ2v) is 4.83. The van der Waals surface area contributed by atoms with Crippen LogP contribution in [0.15, 0.2) is 24.3 Å². The van der Waals surface area contributed by atoms with Crippen molar-refractivity contribution in [2.75, 3.05) is 0 Å². The van der Waals surface area contributed by atoms with Crippen LogP contribution in [-0.4, -0.2) is 4.69 Å². The number of carbonyl (C=O) groups is 1. The highest BCUT2D eigenvalue weighted by atomic mass is 79.9. The van der Waals surface area contributed by atoms with Gasteiger partial charge in [0.05, 0.1) is 0 Å². The van der Waals surface area contributed by atoms with Crippen LogP contribution >= 0.6 is 15.9 Å². The van der Waals surface area contributed by atoms with Crippen molar-refractivity contribution >= 4 is 20.6 Å². The summed E-state index contributed by atoms with van der Waals surface area (Å²) in [6, 6.07) is 7.92. The molecule has 1 aromatic carbocycles. The first-order valence-electron chi connectivity index (χ1n) is 5.99. The van der Waals surface area contributed by atoms with E-state index in [0.29, 0.717) is 5.92 Å². The summed E-state index contributed by atoms with van der Waals surface area (Å²) >= 11 is 3.06. The van der Waals surface area contributed by atoms with E-state index in [-0.39, 0.29) is 4.69 Å². The van der Waals surface area contributed by atoms with E-state index in [1.165, 1.54) is 24.8 Å². The molecule has 0 bridgehead atoms. The molecule has 0 saturated heterocycles. The summed E-state index contributed by atoms with van der Waals surface area (Å²) in [4.78, 5) is 11.5. The maximum atomic E-state index is 11.5. The second kappa shape index (κ2) is 6.85. The molecule has 0 N–H and O–H groups in total. The molecule has 1 unspecified atom stereocenters. The SMILES string of the molecule is CCCCC(CC)c1ccccc1C(=O)Br. The lowest BCUT2D eigenvalue weighted by atomic mass is 9.88. The van der Waals surface area contributed by atoms with Gasteiger partial charge in [0.25, 0.3) is 0 Å². The minimum Gasteiger partial charge on any atom is -0.281 e. The molecular weight excluding hydrogens is 264 g/mol. The average Bonchev–Trinajstić information content (AvgIpc) is 2.30. The lowest BCUT2D eigenvalue weighted by Crippen LogP contribution is -2.04. The monoisotopic (exact) mass is 282 g/mol. The van der Waals surface area contributed by atoms with Crippen LogP contribution in [0.1, 0.15) is 61.4 Å². The number of hydrogen-bond acceptors (Lipinski definition) is 1. The summed E-state index contributed by atoms with van der Waals surface area (Å²) in [5.74, 6) is 0.512. The summed E-state index contributed by atoms with van der Waals surface area (Å²) in [6.07, 6.45) is 4.70. The van der Waals surface area contributed by atoms with Gasteiger partial charge in [0.1, 0.15) is 0 Å². The molecule has 0 saturated carbocycles. The lowest BCUT2D eigenvalue weighted by Gasteiger charge is -2.17. The summed E-state index contributed by atoms with van der Waals surface area (Å²) in [5, 5.41) is 0. The predicted octanol–water partition coefficient (Wildman–Crippen LogP) is 4.91.